The highest BCUT2D eigenvalue weighted by atomic mass is 16.2. The molecule has 0 aliphatic heterocycles. The molecule has 0 saturated carbocycles. The summed E-state index contributed by atoms with van der Waals surface area (Å²) in [5, 5.41) is 3.86. The minimum atomic E-state index is -0.345. The van der Waals surface area contributed by atoms with Crippen molar-refractivity contribution in [2.24, 2.45) is 15.8 Å². The van der Waals surface area contributed by atoms with Gasteiger partial charge in [-0.05, 0) is 17.7 Å². The fraction of sp³-hybridized carbons (Fsp3) is 0.0625. The molecule has 0 saturated heterocycles. The molecule has 0 heterocycles. The number of para-hydroxylation sites is 2. The van der Waals surface area contributed by atoms with Crippen molar-refractivity contribution < 1.29 is 4.79 Å². The fourth-order valence-corrected chi connectivity index (χ4v) is 1.71. The standard InChI is InChI=1S/C16H17N5O/c17-13-8-4-5-9-14(13)20-15(18)10-16(22)21-19-11-12-6-2-1-3-7-12/h1-9,11H,10,17H2,(H2,18,20)(H,21,22)/b19-11+. The van der Waals surface area contributed by atoms with Crippen molar-refractivity contribution in [3.05, 3.63) is 60.2 Å². The first-order valence-corrected chi connectivity index (χ1v) is 6.69. The zero-order valence-corrected chi connectivity index (χ0v) is 11.9. The van der Waals surface area contributed by atoms with Crippen LogP contribution in [0.5, 0.6) is 0 Å². The van der Waals surface area contributed by atoms with Gasteiger partial charge in [0.15, 0.2) is 0 Å². The molecule has 1 amide bonds. The number of anilines is 1. The quantitative estimate of drug-likeness (QED) is 0.339. The van der Waals surface area contributed by atoms with Gasteiger partial charge in [0.1, 0.15) is 5.84 Å². The monoisotopic (exact) mass is 295 g/mol. The van der Waals surface area contributed by atoms with Crippen molar-refractivity contribution in [3.63, 3.8) is 0 Å². The molecular weight excluding hydrogens is 278 g/mol. The van der Waals surface area contributed by atoms with Gasteiger partial charge in [0.25, 0.3) is 0 Å². The Morgan fingerprint density at radius 1 is 1.09 bits per heavy atom. The number of hydrogen-bond acceptors (Lipinski definition) is 4. The molecule has 2 aromatic rings. The van der Waals surface area contributed by atoms with Gasteiger partial charge >= 0.3 is 0 Å². The van der Waals surface area contributed by atoms with E-state index in [0.29, 0.717) is 11.4 Å². The third kappa shape index (κ3) is 4.75. The Labute approximate surface area is 128 Å². The average molecular weight is 295 g/mol. The first kappa shape index (κ1) is 15.2. The largest absolute Gasteiger partial charge is 0.397 e. The molecule has 0 aromatic heterocycles. The number of amidine groups is 1. The van der Waals surface area contributed by atoms with Crippen LogP contribution in [-0.4, -0.2) is 18.0 Å². The second-order valence-corrected chi connectivity index (χ2v) is 4.54. The van der Waals surface area contributed by atoms with Crippen LogP contribution >= 0.6 is 0 Å². The van der Waals surface area contributed by atoms with Crippen molar-refractivity contribution in [2.75, 3.05) is 5.73 Å². The van der Waals surface area contributed by atoms with Crippen molar-refractivity contribution in [3.8, 4) is 0 Å². The van der Waals surface area contributed by atoms with E-state index in [-0.39, 0.29) is 18.2 Å². The number of hydrogen-bond donors (Lipinski definition) is 3. The number of amides is 1. The molecular formula is C16H17N5O. The summed E-state index contributed by atoms with van der Waals surface area (Å²) in [6.45, 7) is 0. The van der Waals surface area contributed by atoms with Crippen LogP contribution in [0.15, 0.2) is 64.7 Å². The highest BCUT2D eigenvalue weighted by molar-refractivity contribution is 6.00. The lowest BCUT2D eigenvalue weighted by Gasteiger charge is -2.02. The Bertz CT molecular complexity index is 695. The van der Waals surface area contributed by atoms with Gasteiger partial charge in [-0.25, -0.2) is 10.4 Å². The third-order valence-corrected chi connectivity index (χ3v) is 2.74. The number of nitrogens with two attached hydrogens (primary N) is 2. The number of rotatable bonds is 5. The van der Waals surface area contributed by atoms with E-state index < -0.39 is 0 Å². The van der Waals surface area contributed by atoms with Gasteiger partial charge in [0, 0.05) is 0 Å². The Hall–Kier alpha value is -3.15. The number of nitrogen functional groups attached to an aromatic ring is 1. The third-order valence-electron chi connectivity index (χ3n) is 2.74. The van der Waals surface area contributed by atoms with E-state index in [2.05, 4.69) is 15.5 Å². The second-order valence-electron chi connectivity index (χ2n) is 4.54. The molecule has 2 aromatic carbocycles. The molecule has 0 aliphatic carbocycles. The van der Waals surface area contributed by atoms with Crippen LogP contribution in [0.25, 0.3) is 0 Å². The topological polar surface area (TPSA) is 106 Å². The number of benzene rings is 2. The van der Waals surface area contributed by atoms with Gasteiger partial charge in [-0.1, -0.05) is 42.5 Å². The van der Waals surface area contributed by atoms with Gasteiger partial charge < -0.3 is 11.5 Å². The summed E-state index contributed by atoms with van der Waals surface area (Å²) in [5.74, 6) is -0.173. The van der Waals surface area contributed by atoms with Gasteiger partial charge in [-0.2, -0.15) is 5.10 Å². The maximum atomic E-state index is 11.7. The molecule has 6 heteroatoms. The summed E-state index contributed by atoms with van der Waals surface area (Å²) in [5.41, 5.74) is 15.8. The van der Waals surface area contributed by atoms with E-state index in [4.69, 9.17) is 11.5 Å². The van der Waals surface area contributed by atoms with E-state index in [0.717, 1.165) is 5.56 Å². The van der Waals surface area contributed by atoms with Crippen LogP contribution in [0.4, 0.5) is 11.4 Å². The molecule has 0 aliphatic rings. The maximum absolute atomic E-state index is 11.7. The fourth-order valence-electron chi connectivity index (χ4n) is 1.71. The number of carbonyl (C=O) groups excluding carboxylic acids is 1. The van der Waals surface area contributed by atoms with Crippen LogP contribution in [0.2, 0.25) is 0 Å². The van der Waals surface area contributed by atoms with Crippen LogP contribution in [0.3, 0.4) is 0 Å². The summed E-state index contributed by atoms with van der Waals surface area (Å²) in [6.07, 6.45) is 1.50. The van der Waals surface area contributed by atoms with E-state index >= 15 is 0 Å². The van der Waals surface area contributed by atoms with Gasteiger partial charge in [-0.3, -0.25) is 4.79 Å². The van der Waals surface area contributed by atoms with E-state index in [1.807, 2.05) is 30.3 Å². The second kappa shape index (κ2) is 7.58. The molecule has 0 bridgehead atoms. The first-order chi connectivity index (χ1) is 10.6. The number of nitrogens with one attached hydrogen (secondary N) is 1. The molecule has 22 heavy (non-hydrogen) atoms. The molecule has 0 radical (unpaired) electrons. The van der Waals surface area contributed by atoms with E-state index in [1.165, 1.54) is 0 Å². The first-order valence-electron chi connectivity index (χ1n) is 6.69. The minimum Gasteiger partial charge on any atom is -0.397 e. The number of nitrogens with zero attached hydrogens (tertiary/aromatic N) is 2. The maximum Gasteiger partial charge on any atom is 0.247 e. The Morgan fingerprint density at radius 3 is 2.50 bits per heavy atom. The van der Waals surface area contributed by atoms with Crippen LogP contribution < -0.4 is 16.9 Å². The summed E-state index contributed by atoms with van der Waals surface area (Å²) < 4.78 is 0. The van der Waals surface area contributed by atoms with Crippen molar-refractivity contribution in [1.82, 2.24) is 5.43 Å². The molecule has 0 unspecified atom stereocenters. The molecule has 0 spiro atoms. The van der Waals surface area contributed by atoms with Gasteiger partial charge in [0.05, 0.1) is 24.0 Å². The van der Waals surface area contributed by atoms with Crippen LogP contribution in [-0.2, 0) is 4.79 Å². The SMILES string of the molecule is NC(CC(=O)N/N=C/c1ccccc1)=Nc1ccccc1N. The zero-order valence-electron chi connectivity index (χ0n) is 11.9. The Kier molecular flexibility index (Phi) is 5.25. The van der Waals surface area contributed by atoms with Gasteiger partial charge in [-0.15, -0.1) is 0 Å². The summed E-state index contributed by atoms with van der Waals surface area (Å²) >= 11 is 0. The van der Waals surface area contributed by atoms with Crippen molar-refractivity contribution >= 4 is 29.3 Å². The van der Waals surface area contributed by atoms with E-state index in [9.17, 15) is 4.79 Å². The predicted octanol–water partition coefficient (Wildman–Crippen LogP) is 1.80. The van der Waals surface area contributed by atoms with E-state index in [1.54, 1.807) is 30.5 Å². The van der Waals surface area contributed by atoms with Crippen molar-refractivity contribution in [2.45, 2.75) is 6.42 Å². The highest BCUT2D eigenvalue weighted by Crippen LogP contribution is 2.20. The molecule has 5 N–H and O–H groups in total. The number of carbonyl (C=O) groups is 1. The molecule has 0 fully saturated rings. The summed E-state index contributed by atoms with van der Waals surface area (Å²) in [6, 6.07) is 16.5. The lowest BCUT2D eigenvalue weighted by atomic mass is 10.2. The number of hydrazone groups is 1. The lowest BCUT2D eigenvalue weighted by Crippen LogP contribution is -2.25. The summed E-state index contributed by atoms with van der Waals surface area (Å²) in [4.78, 5) is 15.8. The normalized spacial score (nSPS) is 11.5. The number of aliphatic imine (C=N–C) groups is 1. The van der Waals surface area contributed by atoms with Crippen LogP contribution in [0, 0.1) is 0 Å². The molecule has 6 nitrogen and oxygen atoms in total. The molecule has 112 valence electrons. The van der Waals surface area contributed by atoms with Crippen LogP contribution in [0.1, 0.15) is 12.0 Å². The lowest BCUT2D eigenvalue weighted by molar-refractivity contribution is -0.119. The minimum absolute atomic E-state index is 0.0551. The smallest absolute Gasteiger partial charge is 0.247 e. The highest BCUT2D eigenvalue weighted by Gasteiger charge is 2.04. The molecule has 2 rings (SSSR count). The van der Waals surface area contributed by atoms with Crippen molar-refractivity contribution in [1.29, 1.82) is 0 Å². The zero-order chi connectivity index (χ0) is 15.8. The summed E-state index contributed by atoms with van der Waals surface area (Å²) in [7, 11) is 0. The predicted molar refractivity (Wildman–Crippen MR) is 88.9 cm³/mol. The average Bonchev–Trinajstić information content (AvgIpc) is 2.50. The molecule has 0 atom stereocenters. The Balaban J connectivity index is 1.89. The Morgan fingerprint density at radius 2 is 1.77 bits per heavy atom. The van der Waals surface area contributed by atoms with Gasteiger partial charge in [0.2, 0.25) is 5.91 Å².